The van der Waals surface area contributed by atoms with Crippen molar-refractivity contribution in [2.75, 3.05) is 18.6 Å². The molecule has 3 aliphatic carbocycles. The van der Waals surface area contributed by atoms with E-state index in [1.165, 1.54) is 56.1 Å². The number of rotatable bonds is 6. The Morgan fingerprint density at radius 2 is 1.87 bits per heavy atom. The highest BCUT2D eigenvalue weighted by Crippen LogP contribution is 2.41. The van der Waals surface area contributed by atoms with Crippen molar-refractivity contribution < 1.29 is 14.6 Å². The number of esters is 1. The van der Waals surface area contributed by atoms with E-state index in [1.54, 1.807) is 11.3 Å². The fourth-order valence-electron chi connectivity index (χ4n) is 5.66. The lowest BCUT2D eigenvalue weighted by Gasteiger charge is -2.40. The molecule has 1 aromatic rings. The normalized spacial score (nSPS) is 29.3. The molecule has 0 spiro atoms. The van der Waals surface area contributed by atoms with E-state index in [-0.39, 0.29) is 12.1 Å². The van der Waals surface area contributed by atoms with Gasteiger partial charge in [0.1, 0.15) is 4.88 Å². The van der Waals surface area contributed by atoms with Crippen molar-refractivity contribution >= 4 is 28.6 Å². The molecule has 2 fully saturated rings. The number of aliphatic hydroxyl groups excluding tert-OH is 1. The molecular weight excluding hydrogens is 406 g/mol. The Morgan fingerprint density at radius 1 is 1.13 bits per heavy atom. The van der Waals surface area contributed by atoms with Gasteiger partial charge in [-0.2, -0.15) is 0 Å². The number of allylic oxidation sites excluding steroid dienone is 2. The number of hydrogen-bond donors (Lipinski definition) is 1. The Labute approximate surface area is 191 Å². The summed E-state index contributed by atoms with van der Waals surface area (Å²) in [6, 6.07) is 2.68. The fraction of sp³-hybridized carbons (Fsp3) is 0.731. The highest BCUT2D eigenvalue weighted by molar-refractivity contribution is 7.15. The molecule has 1 N–H and O–H groups in total. The van der Waals surface area contributed by atoms with Crippen LogP contribution in [0.25, 0.3) is 5.57 Å². The topological polar surface area (TPSA) is 49.8 Å². The van der Waals surface area contributed by atoms with E-state index in [4.69, 9.17) is 4.74 Å². The third-order valence-electron chi connectivity index (χ3n) is 7.70. The lowest BCUT2D eigenvalue weighted by atomic mass is 9.82. The first kappa shape index (κ1) is 22.8. The lowest BCUT2D eigenvalue weighted by molar-refractivity contribution is 0.0606. The number of methoxy groups -OCH3 is 1. The molecule has 31 heavy (non-hydrogen) atoms. The number of aliphatic hydroxyl groups is 1. The van der Waals surface area contributed by atoms with Crippen LogP contribution in [0.1, 0.15) is 98.5 Å². The second-order valence-electron chi connectivity index (χ2n) is 10.0. The number of thiophene rings is 1. The largest absolute Gasteiger partial charge is 0.465 e. The van der Waals surface area contributed by atoms with Gasteiger partial charge in [0, 0.05) is 17.5 Å². The van der Waals surface area contributed by atoms with Crippen molar-refractivity contribution in [1.82, 2.24) is 0 Å². The summed E-state index contributed by atoms with van der Waals surface area (Å²) in [5.74, 6) is 1.32. The fourth-order valence-corrected chi connectivity index (χ4v) is 6.81. The average molecular weight is 446 g/mol. The Morgan fingerprint density at radius 3 is 2.52 bits per heavy atom. The molecule has 172 valence electrons. The number of ether oxygens (including phenoxy) is 1. The first-order valence-corrected chi connectivity index (χ1v) is 13.2. The van der Waals surface area contributed by atoms with Crippen molar-refractivity contribution in [2.24, 2.45) is 11.8 Å². The zero-order chi connectivity index (χ0) is 21.8. The van der Waals surface area contributed by atoms with Crippen LogP contribution < -0.4 is 4.90 Å². The molecule has 0 bridgehead atoms. The standard InChI is InChI=1S/C26H39NO3S/c1-18-8-10-19(11-9-18)17-27(21-12-14-22(28)15-13-21)23-16-24(20-6-4-3-5-7-20)31-25(23)26(29)30-2/h6,16,18-19,21-22,28H,3-5,7-15,17H2,1-2H3. The van der Waals surface area contributed by atoms with Gasteiger partial charge in [0.05, 0.1) is 18.9 Å². The number of anilines is 1. The second kappa shape index (κ2) is 10.5. The highest BCUT2D eigenvalue weighted by atomic mass is 32.1. The summed E-state index contributed by atoms with van der Waals surface area (Å²) in [4.78, 5) is 17.4. The Bertz CT molecular complexity index is 770. The van der Waals surface area contributed by atoms with Crippen molar-refractivity contribution in [3.63, 3.8) is 0 Å². The molecule has 1 heterocycles. The van der Waals surface area contributed by atoms with Gasteiger partial charge < -0.3 is 14.7 Å². The van der Waals surface area contributed by atoms with Crippen LogP contribution in [0.4, 0.5) is 5.69 Å². The third-order valence-corrected chi connectivity index (χ3v) is 8.88. The van der Waals surface area contributed by atoms with Crippen molar-refractivity contribution in [3.8, 4) is 0 Å². The molecule has 2 saturated carbocycles. The molecule has 0 amide bonds. The third kappa shape index (κ3) is 5.54. The smallest absolute Gasteiger partial charge is 0.350 e. The highest BCUT2D eigenvalue weighted by Gasteiger charge is 2.32. The van der Waals surface area contributed by atoms with E-state index in [0.717, 1.165) is 61.6 Å². The predicted molar refractivity (Wildman–Crippen MR) is 129 cm³/mol. The van der Waals surface area contributed by atoms with Crippen LogP contribution in [0.3, 0.4) is 0 Å². The van der Waals surface area contributed by atoms with E-state index >= 15 is 0 Å². The Kier molecular flexibility index (Phi) is 7.76. The van der Waals surface area contributed by atoms with Gasteiger partial charge in [-0.1, -0.05) is 25.8 Å². The molecule has 0 unspecified atom stereocenters. The average Bonchev–Trinajstić information content (AvgIpc) is 3.25. The van der Waals surface area contributed by atoms with Crippen LogP contribution in [-0.4, -0.2) is 36.9 Å². The monoisotopic (exact) mass is 445 g/mol. The van der Waals surface area contributed by atoms with E-state index in [9.17, 15) is 9.90 Å². The van der Waals surface area contributed by atoms with Crippen LogP contribution in [-0.2, 0) is 4.74 Å². The maximum absolute atomic E-state index is 12.8. The summed E-state index contributed by atoms with van der Waals surface area (Å²) in [5.41, 5.74) is 2.48. The van der Waals surface area contributed by atoms with Gasteiger partial charge in [-0.15, -0.1) is 11.3 Å². The number of hydrogen-bond acceptors (Lipinski definition) is 5. The summed E-state index contributed by atoms with van der Waals surface area (Å²) in [6.45, 7) is 3.39. The minimum absolute atomic E-state index is 0.167. The molecule has 4 nitrogen and oxygen atoms in total. The Balaban J connectivity index is 1.65. The minimum atomic E-state index is -0.208. The minimum Gasteiger partial charge on any atom is -0.465 e. The zero-order valence-corrected chi connectivity index (χ0v) is 20.1. The Hall–Kier alpha value is -1.33. The second-order valence-corrected chi connectivity index (χ2v) is 11.1. The van der Waals surface area contributed by atoms with Gasteiger partial charge in [0.25, 0.3) is 0 Å². The summed E-state index contributed by atoms with van der Waals surface area (Å²) < 4.78 is 5.22. The number of carbonyl (C=O) groups excluding carboxylic acids is 1. The summed E-state index contributed by atoms with van der Waals surface area (Å²) >= 11 is 1.62. The maximum Gasteiger partial charge on any atom is 0.350 e. The molecule has 0 aromatic carbocycles. The van der Waals surface area contributed by atoms with Gasteiger partial charge in [-0.3, -0.25) is 0 Å². The van der Waals surface area contributed by atoms with Crippen LogP contribution >= 0.6 is 11.3 Å². The van der Waals surface area contributed by atoms with E-state index in [0.29, 0.717) is 12.0 Å². The van der Waals surface area contributed by atoms with Crippen LogP contribution in [0, 0.1) is 11.8 Å². The first-order valence-electron chi connectivity index (χ1n) is 12.4. The summed E-state index contributed by atoms with van der Waals surface area (Å²) in [6.07, 6.45) is 15.8. The zero-order valence-electron chi connectivity index (χ0n) is 19.3. The quantitative estimate of drug-likeness (QED) is 0.513. The van der Waals surface area contributed by atoms with E-state index in [1.807, 2.05) is 0 Å². The van der Waals surface area contributed by atoms with Crippen LogP contribution in [0.15, 0.2) is 12.1 Å². The molecule has 0 aliphatic heterocycles. The predicted octanol–water partition coefficient (Wildman–Crippen LogP) is 6.43. The maximum atomic E-state index is 12.8. The molecule has 0 radical (unpaired) electrons. The van der Waals surface area contributed by atoms with Gasteiger partial charge in [0.2, 0.25) is 0 Å². The number of carbonyl (C=O) groups is 1. The van der Waals surface area contributed by atoms with Gasteiger partial charge in [-0.25, -0.2) is 4.79 Å². The summed E-state index contributed by atoms with van der Waals surface area (Å²) in [7, 11) is 1.50. The molecular formula is C26H39NO3S. The van der Waals surface area contributed by atoms with E-state index in [2.05, 4.69) is 24.0 Å². The SMILES string of the molecule is COC(=O)c1sc(C2=CCCCC2)cc1N(CC1CCC(C)CC1)C1CCC(O)CC1. The van der Waals surface area contributed by atoms with Crippen LogP contribution in [0.5, 0.6) is 0 Å². The molecule has 0 saturated heterocycles. The summed E-state index contributed by atoms with van der Waals surface area (Å²) in [5, 5.41) is 10.1. The molecule has 4 rings (SSSR count). The van der Waals surface area contributed by atoms with E-state index < -0.39 is 0 Å². The molecule has 1 aromatic heterocycles. The van der Waals surface area contributed by atoms with Gasteiger partial charge >= 0.3 is 5.97 Å². The van der Waals surface area contributed by atoms with Gasteiger partial charge in [-0.05, 0) is 87.7 Å². The van der Waals surface area contributed by atoms with Crippen molar-refractivity contribution in [1.29, 1.82) is 0 Å². The van der Waals surface area contributed by atoms with Crippen LogP contribution in [0.2, 0.25) is 0 Å². The van der Waals surface area contributed by atoms with Crippen molar-refractivity contribution in [2.45, 2.75) is 96.1 Å². The molecule has 0 atom stereocenters. The number of nitrogens with zero attached hydrogens (tertiary/aromatic N) is 1. The van der Waals surface area contributed by atoms with Crippen molar-refractivity contribution in [3.05, 3.63) is 21.9 Å². The molecule has 5 heteroatoms. The van der Waals surface area contributed by atoms with Gasteiger partial charge in [0.15, 0.2) is 0 Å². The first-order chi connectivity index (χ1) is 15.0. The molecule has 3 aliphatic rings. The lowest BCUT2D eigenvalue weighted by Crippen LogP contribution is -2.43.